The molecule has 1 unspecified atom stereocenters. The molecule has 0 radical (unpaired) electrons. The predicted molar refractivity (Wildman–Crippen MR) is 85.6 cm³/mol. The Balaban J connectivity index is 0.00000220. The maximum atomic E-state index is 12.2. The van der Waals surface area contributed by atoms with E-state index in [2.05, 4.69) is 15.9 Å². The molecule has 0 aromatic carbocycles. The van der Waals surface area contributed by atoms with Crippen molar-refractivity contribution in [3.63, 3.8) is 0 Å². The number of hydrogen-bond donors (Lipinski definition) is 1. The molecule has 0 aromatic heterocycles. The molecule has 2 rings (SSSR count). The van der Waals surface area contributed by atoms with Crippen LogP contribution in [-0.2, 0) is 25.5 Å². The van der Waals surface area contributed by atoms with Crippen molar-refractivity contribution in [1.29, 1.82) is 0 Å². The van der Waals surface area contributed by atoms with Crippen LogP contribution in [0.3, 0.4) is 0 Å². The van der Waals surface area contributed by atoms with Gasteiger partial charge in [-0.3, -0.25) is 9.69 Å². The summed E-state index contributed by atoms with van der Waals surface area (Å²) < 4.78 is 17.2. The molecule has 0 spiro atoms. The molecule has 9 heteroatoms. The summed E-state index contributed by atoms with van der Waals surface area (Å²) in [5, 5.41) is -0.220. The third-order valence-electron chi connectivity index (χ3n) is 3.33. The van der Waals surface area contributed by atoms with Crippen molar-refractivity contribution in [2.75, 3.05) is 17.7 Å². The van der Waals surface area contributed by atoms with E-state index in [0.717, 1.165) is 12.8 Å². The molecule has 0 saturated carbocycles. The van der Waals surface area contributed by atoms with E-state index in [4.69, 9.17) is 10.5 Å². The first kappa shape index (κ1) is 18.8. The number of nitrogens with two attached hydrogens (primary N) is 1. The SMILES string of the molecule is CCCCOC(=O)C1=C(CBr)C[S+]([O-])[C@@H]2[C@H](N)C(=O)N12.Cl. The summed E-state index contributed by atoms with van der Waals surface area (Å²) in [4.78, 5) is 25.3. The molecule has 1 saturated heterocycles. The van der Waals surface area contributed by atoms with Gasteiger partial charge in [-0.1, -0.05) is 29.3 Å². The van der Waals surface area contributed by atoms with Crippen LogP contribution in [-0.4, -0.2) is 50.4 Å². The molecule has 2 aliphatic heterocycles. The summed E-state index contributed by atoms with van der Waals surface area (Å²) in [5.41, 5.74) is 6.51. The van der Waals surface area contributed by atoms with Gasteiger partial charge in [-0.25, -0.2) is 4.79 Å². The van der Waals surface area contributed by atoms with Crippen molar-refractivity contribution in [2.24, 2.45) is 5.73 Å². The standard InChI is InChI=1S/C12H17BrN2O4S.ClH/c1-2-3-4-19-12(17)9-7(5-13)6-20(18)11-8(14)10(16)15(9)11;/h8,11H,2-6,14H2,1H3;1H/t8-,11-,20?;/m1./s1. The van der Waals surface area contributed by atoms with E-state index in [1.807, 2.05) is 6.92 Å². The van der Waals surface area contributed by atoms with E-state index in [-0.39, 0.29) is 29.8 Å². The maximum absolute atomic E-state index is 12.2. The van der Waals surface area contributed by atoms with E-state index in [0.29, 0.717) is 17.5 Å². The van der Waals surface area contributed by atoms with Gasteiger partial charge in [-0.05, 0) is 17.6 Å². The summed E-state index contributed by atoms with van der Waals surface area (Å²) in [6.45, 7) is 2.31. The minimum absolute atomic E-state index is 0. The largest absolute Gasteiger partial charge is 0.614 e. The number of alkyl halides is 1. The number of β-lactam (4-membered cyclic amide) rings is 1. The topological polar surface area (TPSA) is 95.7 Å². The van der Waals surface area contributed by atoms with Gasteiger partial charge in [-0.15, -0.1) is 12.4 Å². The number of esters is 1. The first-order chi connectivity index (χ1) is 9.52. The minimum Gasteiger partial charge on any atom is -0.614 e. The molecule has 2 N–H and O–H groups in total. The molecule has 0 aliphatic carbocycles. The number of carbonyl (C=O) groups excluding carboxylic acids is 2. The van der Waals surface area contributed by atoms with Crippen molar-refractivity contribution in [3.8, 4) is 0 Å². The highest BCUT2D eigenvalue weighted by molar-refractivity contribution is 9.09. The molecule has 3 atom stereocenters. The summed E-state index contributed by atoms with van der Waals surface area (Å²) in [5.74, 6) is -0.662. The van der Waals surface area contributed by atoms with Gasteiger partial charge in [-0.2, -0.15) is 0 Å². The normalized spacial score (nSPS) is 27.7. The third-order valence-corrected chi connectivity index (χ3v) is 5.68. The fraction of sp³-hybridized carbons (Fsp3) is 0.667. The van der Waals surface area contributed by atoms with Crippen LogP contribution < -0.4 is 5.73 Å². The van der Waals surface area contributed by atoms with Crippen molar-refractivity contribution in [3.05, 3.63) is 11.3 Å². The molecule has 2 heterocycles. The lowest BCUT2D eigenvalue weighted by Gasteiger charge is -2.47. The van der Waals surface area contributed by atoms with E-state index in [1.165, 1.54) is 4.90 Å². The number of nitrogens with zero attached hydrogens (tertiary/aromatic N) is 1. The first-order valence-corrected chi connectivity index (χ1v) is 8.94. The van der Waals surface area contributed by atoms with Crippen LogP contribution in [0.2, 0.25) is 0 Å². The smallest absolute Gasteiger partial charge is 0.355 e. The zero-order chi connectivity index (χ0) is 14.9. The number of ether oxygens (including phenoxy) is 1. The Morgan fingerprint density at radius 2 is 2.29 bits per heavy atom. The highest BCUT2D eigenvalue weighted by Gasteiger charge is 2.58. The number of hydrogen-bond acceptors (Lipinski definition) is 5. The monoisotopic (exact) mass is 400 g/mol. The Kier molecular flexibility index (Phi) is 6.99. The summed E-state index contributed by atoms with van der Waals surface area (Å²) >= 11 is 2.00. The molecule has 6 nitrogen and oxygen atoms in total. The minimum atomic E-state index is -1.27. The number of halogens is 2. The van der Waals surface area contributed by atoms with Crippen LogP contribution in [0.4, 0.5) is 0 Å². The average Bonchev–Trinajstić information content (AvgIpc) is 2.45. The Morgan fingerprint density at radius 1 is 1.62 bits per heavy atom. The Labute approximate surface area is 141 Å². The van der Waals surface area contributed by atoms with Crippen LogP contribution in [0, 0.1) is 0 Å². The van der Waals surface area contributed by atoms with Gasteiger partial charge in [0.05, 0.1) is 6.61 Å². The summed E-state index contributed by atoms with van der Waals surface area (Å²) in [6, 6.07) is -0.786. The van der Waals surface area contributed by atoms with Gasteiger partial charge < -0.3 is 15.0 Å². The van der Waals surface area contributed by atoms with Crippen molar-refractivity contribution in [2.45, 2.75) is 31.2 Å². The van der Waals surface area contributed by atoms with Crippen molar-refractivity contribution >= 4 is 51.4 Å². The lowest BCUT2D eigenvalue weighted by molar-refractivity contribution is -0.151. The van der Waals surface area contributed by atoms with Crippen LogP contribution in [0.25, 0.3) is 0 Å². The van der Waals surface area contributed by atoms with Crippen LogP contribution in [0.15, 0.2) is 11.3 Å². The number of rotatable bonds is 5. The van der Waals surface area contributed by atoms with Gasteiger partial charge in [0.2, 0.25) is 5.37 Å². The highest BCUT2D eigenvalue weighted by Crippen LogP contribution is 2.36. The molecule has 0 aromatic rings. The predicted octanol–water partition coefficient (Wildman–Crippen LogP) is 0.658. The maximum Gasteiger partial charge on any atom is 0.355 e. The molecule has 1 fully saturated rings. The van der Waals surface area contributed by atoms with Crippen LogP contribution >= 0.6 is 28.3 Å². The lowest BCUT2D eigenvalue weighted by Crippen LogP contribution is -2.73. The summed E-state index contributed by atoms with van der Waals surface area (Å²) in [6.07, 6.45) is 1.68. The first-order valence-electron chi connectivity index (χ1n) is 6.43. The van der Waals surface area contributed by atoms with Gasteiger partial charge >= 0.3 is 5.97 Å². The van der Waals surface area contributed by atoms with E-state index >= 15 is 0 Å². The second-order valence-corrected chi connectivity index (χ2v) is 6.82. The zero-order valence-corrected chi connectivity index (χ0v) is 14.8. The fourth-order valence-electron chi connectivity index (χ4n) is 2.22. The van der Waals surface area contributed by atoms with Crippen LogP contribution in [0.1, 0.15) is 19.8 Å². The van der Waals surface area contributed by atoms with E-state index in [1.54, 1.807) is 0 Å². The Morgan fingerprint density at radius 3 is 2.86 bits per heavy atom. The molecule has 21 heavy (non-hydrogen) atoms. The Hall–Kier alpha value is -0.280. The molecular formula is C12H18BrClN2O4S. The second-order valence-electron chi connectivity index (χ2n) is 4.72. The fourth-order valence-corrected chi connectivity index (χ4v) is 4.59. The number of unbranched alkanes of at least 4 members (excludes halogenated alkanes) is 1. The molecular weight excluding hydrogens is 384 g/mol. The summed E-state index contributed by atoms with van der Waals surface area (Å²) in [7, 11) is 0. The van der Waals surface area contributed by atoms with Gasteiger partial charge in [0.15, 0.2) is 6.04 Å². The zero-order valence-electron chi connectivity index (χ0n) is 11.5. The van der Waals surface area contributed by atoms with Gasteiger partial charge in [0.1, 0.15) is 11.4 Å². The number of fused-ring (bicyclic) bond motifs is 1. The lowest BCUT2D eigenvalue weighted by atomic mass is 10.0. The highest BCUT2D eigenvalue weighted by atomic mass is 79.9. The quantitative estimate of drug-likeness (QED) is 0.240. The number of carbonyl (C=O) groups is 2. The Bertz CT molecular complexity index is 463. The second kappa shape index (κ2) is 7.82. The average molecular weight is 402 g/mol. The molecule has 0 bridgehead atoms. The molecule has 1 amide bonds. The molecule has 120 valence electrons. The van der Waals surface area contributed by atoms with Gasteiger partial charge in [0.25, 0.3) is 5.91 Å². The van der Waals surface area contributed by atoms with Crippen LogP contribution in [0.5, 0.6) is 0 Å². The van der Waals surface area contributed by atoms with E-state index < -0.39 is 28.6 Å². The van der Waals surface area contributed by atoms with Crippen molar-refractivity contribution < 1.29 is 18.9 Å². The third kappa shape index (κ3) is 3.39. The molecule has 2 aliphatic rings. The number of amides is 1. The van der Waals surface area contributed by atoms with Gasteiger partial charge in [0, 0.05) is 10.9 Å². The van der Waals surface area contributed by atoms with Crippen molar-refractivity contribution in [1.82, 2.24) is 4.90 Å². The van der Waals surface area contributed by atoms with E-state index in [9.17, 15) is 14.1 Å².